The standard InChI is InChI=1S/C28H28N6O3/c29-13-31-26(30)32-16-4-5-19-17(10-16)18-11-28(36)21-9-15-3-6-20(35)24-22(15)27(28,25(37-24)23(18)33-19)7-8-34(21)12-14-1-2-14/h3-6,10,14,21,25,33,35-36H,1-2,7-9,11-12H2,(H3,30,31,32)/t21-,25+,27+,28-/m1/s1. The molecule has 188 valence electrons. The average molecular weight is 497 g/mol. The lowest BCUT2D eigenvalue weighted by Gasteiger charge is -2.62. The van der Waals surface area contributed by atoms with Crippen molar-refractivity contribution >= 4 is 22.5 Å². The van der Waals surface area contributed by atoms with E-state index >= 15 is 0 Å². The summed E-state index contributed by atoms with van der Waals surface area (Å²) in [6.07, 6.45) is 5.92. The Hall–Kier alpha value is -3.74. The molecule has 2 fully saturated rings. The Balaban J connectivity index is 1.34. The largest absolute Gasteiger partial charge is 0.504 e. The Kier molecular flexibility index (Phi) is 4.02. The third kappa shape index (κ3) is 2.62. The summed E-state index contributed by atoms with van der Waals surface area (Å²) in [6, 6.07) is 9.49. The zero-order chi connectivity index (χ0) is 25.1. The number of fused-ring (bicyclic) bond motifs is 4. The van der Waals surface area contributed by atoms with E-state index in [1.165, 1.54) is 18.4 Å². The number of aromatic hydroxyl groups is 1. The number of aromatic amines is 1. The Morgan fingerprint density at radius 3 is 3.00 bits per heavy atom. The van der Waals surface area contributed by atoms with Crippen molar-refractivity contribution in [1.82, 2.24) is 15.2 Å². The van der Waals surface area contributed by atoms with Crippen molar-refractivity contribution in [3.63, 3.8) is 0 Å². The van der Waals surface area contributed by atoms with Crippen molar-refractivity contribution in [2.24, 2.45) is 16.6 Å². The lowest BCUT2D eigenvalue weighted by atomic mass is 9.49. The van der Waals surface area contributed by atoms with Crippen LogP contribution in [0.15, 0.2) is 35.3 Å². The van der Waals surface area contributed by atoms with Crippen LogP contribution in [0.4, 0.5) is 5.69 Å². The summed E-state index contributed by atoms with van der Waals surface area (Å²) in [5.41, 5.74) is 9.89. The quantitative estimate of drug-likeness (QED) is 0.162. The first-order chi connectivity index (χ1) is 17.9. The number of aromatic nitrogens is 1. The van der Waals surface area contributed by atoms with Gasteiger partial charge in [0, 0.05) is 35.5 Å². The number of benzene rings is 2. The van der Waals surface area contributed by atoms with Crippen molar-refractivity contribution in [2.75, 3.05) is 13.1 Å². The molecule has 9 heteroatoms. The van der Waals surface area contributed by atoms with Crippen molar-refractivity contribution in [2.45, 2.75) is 55.3 Å². The van der Waals surface area contributed by atoms with Crippen LogP contribution >= 0.6 is 0 Å². The molecule has 3 heterocycles. The molecule has 4 atom stereocenters. The van der Waals surface area contributed by atoms with E-state index in [2.05, 4.69) is 20.2 Å². The van der Waals surface area contributed by atoms with Gasteiger partial charge in [0.25, 0.3) is 0 Å². The van der Waals surface area contributed by atoms with Gasteiger partial charge in [0.05, 0.1) is 22.4 Å². The molecular formula is C28H28N6O3. The monoisotopic (exact) mass is 496 g/mol. The number of nitrogens with zero attached hydrogens (tertiary/aromatic N) is 3. The Morgan fingerprint density at radius 1 is 1.32 bits per heavy atom. The lowest BCUT2D eigenvalue weighted by Crippen LogP contribution is -2.74. The van der Waals surface area contributed by atoms with Crippen LogP contribution < -0.4 is 15.8 Å². The average Bonchev–Trinajstić information content (AvgIpc) is 3.51. The number of aliphatic imine (C=N–C) groups is 1. The summed E-state index contributed by atoms with van der Waals surface area (Å²) in [5, 5.41) is 35.9. The van der Waals surface area contributed by atoms with Crippen LogP contribution in [-0.2, 0) is 18.3 Å². The minimum atomic E-state index is -1.04. The number of piperidine rings is 1. The van der Waals surface area contributed by atoms with Gasteiger partial charge in [0.15, 0.2) is 23.8 Å². The number of nitrogens with two attached hydrogens (primary N) is 1. The van der Waals surface area contributed by atoms with E-state index < -0.39 is 17.1 Å². The van der Waals surface area contributed by atoms with Gasteiger partial charge in [-0.25, -0.2) is 4.99 Å². The van der Waals surface area contributed by atoms with E-state index in [1.54, 1.807) is 12.3 Å². The van der Waals surface area contributed by atoms with Crippen molar-refractivity contribution in [3.8, 4) is 17.7 Å². The maximum absolute atomic E-state index is 12.9. The van der Waals surface area contributed by atoms with Gasteiger partial charge in [-0.3, -0.25) is 10.2 Å². The second-order valence-electron chi connectivity index (χ2n) is 11.4. The SMILES string of the molecule is N#CNC(N)=Nc1ccc2[nH]c3c(c2c1)C[C@@]1(O)[C@H]2Cc4ccc(O)c5c4[C@@]1(CCN2CC1CC1)[C@H]3O5. The molecule has 2 aromatic carbocycles. The number of H-pyrrole nitrogens is 1. The summed E-state index contributed by atoms with van der Waals surface area (Å²) in [5.74, 6) is 1.42. The molecule has 8 rings (SSSR count). The van der Waals surface area contributed by atoms with Gasteiger partial charge in [0.1, 0.15) is 0 Å². The maximum Gasteiger partial charge on any atom is 0.207 e. The zero-order valence-electron chi connectivity index (χ0n) is 20.3. The van der Waals surface area contributed by atoms with Crippen molar-refractivity contribution in [1.29, 1.82) is 5.26 Å². The smallest absolute Gasteiger partial charge is 0.207 e. The van der Waals surface area contributed by atoms with E-state index in [0.29, 0.717) is 17.9 Å². The molecule has 3 aliphatic carbocycles. The highest BCUT2D eigenvalue weighted by Crippen LogP contribution is 2.69. The number of likely N-dealkylation sites (tertiary alicyclic amines) is 1. The molecule has 0 radical (unpaired) electrons. The fourth-order valence-corrected chi connectivity index (χ4v) is 7.90. The molecule has 1 spiro atoms. The zero-order valence-corrected chi connectivity index (χ0v) is 20.3. The van der Waals surface area contributed by atoms with Crippen LogP contribution in [0.5, 0.6) is 11.5 Å². The topological polar surface area (TPSA) is 143 Å². The second kappa shape index (κ2) is 6.97. The molecule has 1 aromatic heterocycles. The predicted octanol–water partition coefficient (Wildman–Crippen LogP) is 2.59. The molecule has 1 saturated heterocycles. The molecule has 2 aliphatic heterocycles. The second-order valence-corrected chi connectivity index (χ2v) is 11.4. The number of rotatable bonds is 3. The van der Waals surface area contributed by atoms with Crippen LogP contribution in [0.2, 0.25) is 0 Å². The Bertz CT molecular complexity index is 1570. The van der Waals surface area contributed by atoms with Crippen molar-refractivity contribution < 1.29 is 14.9 Å². The lowest BCUT2D eigenvalue weighted by molar-refractivity contribution is -0.173. The molecule has 37 heavy (non-hydrogen) atoms. The van der Waals surface area contributed by atoms with Gasteiger partial charge in [-0.1, -0.05) is 6.07 Å². The van der Waals surface area contributed by atoms with Gasteiger partial charge in [-0.05, 0) is 73.5 Å². The van der Waals surface area contributed by atoms with E-state index in [1.807, 2.05) is 24.3 Å². The highest BCUT2D eigenvalue weighted by molar-refractivity contribution is 5.90. The number of aliphatic hydroxyl groups is 1. The predicted molar refractivity (Wildman–Crippen MR) is 137 cm³/mol. The molecule has 6 N–H and O–H groups in total. The minimum Gasteiger partial charge on any atom is -0.504 e. The molecule has 9 nitrogen and oxygen atoms in total. The molecular weight excluding hydrogens is 468 g/mol. The first-order valence-corrected chi connectivity index (χ1v) is 13.0. The molecule has 5 aliphatic rings. The highest BCUT2D eigenvalue weighted by Gasteiger charge is 2.72. The normalized spacial score (nSPS) is 31.4. The number of phenolic OH excluding ortho intramolecular Hbond substituents is 1. The highest BCUT2D eigenvalue weighted by atomic mass is 16.5. The fourth-order valence-electron chi connectivity index (χ4n) is 7.90. The summed E-state index contributed by atoms with van der Waals surface area (Å²) >= 11 is 0. The number of phenols is 1. The number of ether oxygens (including phenoxy) is 1. The van der Waals surface area contributed by atoms with Gasteiger partial charge < -0.3 is 25.7 Å². The van der Waals surface area contributed by atoms with Crippen LogP contribution in [0.3, 0.4) is 0 Å². The minimum absolute atomic E-state index is 0.0225. The Labute approximate surface area is 213 Å². The van der Waals surface area contributed by atoms with Crippen LogP contribution in [-0.4, -0.2) is 50.8 Å². The first kappa shape index (κ1) is 21.4. The number of nitriles is 1. The summed E-state index contributed by atoms with van der Waals surface area (Å²) in [7, 11) is 0. The number of nitrogens with one attached hydrogen (secondary N) is 2. The van der Waals surface area contributed by atoms with E-state index in [0.717, 1.165) is 59.6 Å². The third-order valence-corrected chi connectivity index (χ3v) is 9.58. The Morgan fingerprint density at radius 2 is 2.19 bits per heavy atom. The van der Waals surface area contributed by atoms with Gasteiger partial charge in [-0.15, -0.1) is 0 Å². The van der Waals surface area contributed by atoms with E-state index in [4.69, 9.17) is 15.7 Å². The van der Waals surface area contributed by atoms with Gasteiger partial charge in [0.2, 0.25) is 5.96 Å². The number of hydrogen-bond acceptors (Lipinski definition) is 6. The molecule has 2 bridgehead atoms. The first-order valence-electron chi connectivity index (χ1n) is 13.0. The van der Waals surface area contributed by atoms with Gasteiger partial charge >= 0.3 is 0 Å². The third-order valence-electron chi connectivity index (χ3n) is 9.58. The van der Waals surface area contributed by atoms with Crippen LogP contribution in [0, 0.1) is 17.4 Å². The molecule has 1 saturated carbocycles. The van der Waals surface area contributed by atoms with Crippen molar-refractivity contribution in [3.05, 3.63) is 52.7 Å². The van der Waals surface area contributed by atoms with Gasteiger partial charge in [-0.2, -0.15) is 5.26 Å². The van der Waals surface area contributed by atoms with Crippen LogP contribution in [0.25, 0.3) is 10.9 Å². The summed E-state index contributed by atoms with van der Waals surface area (Å²) in [6.45, 7) is 1.94. The maximum atomic E-state index is 12.9. The van der Waals surface area contributed by atoms with Crippen LogP contribution in [0.1, 0.15) is 47.8 Å². The van der Waals surface area contributed by atoms with E-state index in [9.17, 15) is 10.2 Å². The summed E-state index contributed by atoms with van der Waals surface area (Å²) in [4.78, 5) is 10.5. The number of hydrogen-bond donors (Lipinski definition) is 5. The summed E-state index contributed by atoms with van der Waals surface area (Å²) < 4.78 is 6.63. The number of guanidine groups is 1. The fraction of sp³-hybridized carbons (Fsp3) is 0.429. The molecule has 3 aromatic rings. The van der Waals surface area contributed by atoms with E-state index in [-0.39, 0.29) is 17.8 Å². The molecule has 0 amide bonds. The molecule has 0 unspecified atom stereocenters.